The number of nitrogens with zero attached hydrogens (tertiary/aromatic N) is 4. The molecule has 28 heavy (non-hydrogen) atoms. The van der Waals surface area contributed by atoms with Gasteiger partial charge in [-0.25, -0.2) is 0 Å². The number of benzene rings is 2. The minimum absolute atomic E-state index is 0.834. The molecule has 1 aliphatic rings. The lowest BCUT2D eigenvalue weighted by Crippen LogP contribution is -2.47. The minimum atomic E-state index is 0.834. The number of aromatic nitrogens is 2. The van der Waals surface area contributed by atoms with Crippen LogP contribution in [0.1, 0.15) is 11.1 Å². The lowest BCUT2D eigenvalue weighted by atomic mass is 10.1. The van der Waals surface area contributed by atoms with Crippen molar-refractivity contribution in [1.82, 2.24) is 14.3 Å². The molecule has 0 aliphatic carbocycles. The number of ether oxygens (including phenoxy) is 1. The monoisotopic (exact) mass is 394 g/mol. The molecule has 1 aliphatic heterocycles. The quantitative estimate of drug-likeness (QED) is 0.635. The van der Waals surface area contributed by atoms with E-state index in [1.54, 1.807) is 7.11 Å². The van der Waals surface area contributed by atoms with E-state index in [2.05, 4.69) is 63.6 Å². The van der Waals surface area contributed by atoms with Crippen LogP contribution >= 0.6 is 11.5 Å². The van der Waals surface area contributed by atoms with Crippen LogP contribution in [-0.4, -0.2) is 54.1 Å². The van der Waals surface area contributed by atoms with Crippen LogP contribution in [0, 0.1) is 6.92 Å². The first-order chi connectivity index (χ1) is 13.7. The van der Waals surface area contributed by atoms with Gasteiger partial charge in [-0.1, -0.05) is 42.0 Å². The molecule has 0 amide bonds. The van der Waals surface area contributed by atoms with Gasteiger partial charge in [-0.3, -0.25) is 4.90 Å². The molecule has 0 N–H and O–H groups in total. The first kappa shape index (κ1) is 18.9. The van der Waals surface area contributed by atoms with Crippen LogP contribution in [0.4, 0.5) is 5.13 Å². The van der Waals surface area contributed by atoms with Crippen molar-refractivity contribution in [1.29, 1.82) is 0 Å². The molecule has 0 bridgehead atoms. The first-order valence-corrected chi connectivity index (χ1v) is 10.5. The molecule has 1 fully saturated rings. The standard InChI is InChI=1S/C22H26N4OS/c1-17-6-8-19(9-7-17)21-23-22(28-24-21)26-14-12-25(13-15-26)11-10-18-4-3-5-20(16-18)27-2/h3-9,16H,10-15H2,1-2H3. The fourth-order valence-electron chi connectivity index (χ4n) is 3.44. The molecule has 2 heterocycles. The van der Waals surface area contributed by atoms with E-state index >= 15 is 0 Å². The highest BCUT2D eigenvalue weighted by molar-refractivity contribution is 7.09. The molecule has 0 radical (unpaired) electrons. The Bertz CT molecular complexity index is 901. The SMILES string of the molecule is COc1cccc(CCN2CCN(c3nc(-c4ccc(C)cc4)ns3)CC2)c1. The largest absolute Gasteiger partial charge is 0.497 e. The van der Waals surface area contributed by atoms with Crippen molar-refractivity contribution >= 4 is 16.7 Å². The van der Waals surface area contributed by atoms with E-state index in [1.165, 1.54) is 22.7 Å². The van der Waals surface area contributed by atoms with Crippen molar-refractivity contribution in [3.8, 4) is 17.1 Å². The summed E-state index contributed by atoms with van der Waals surface area (Å²) in [6, 6.07) is 16.8. The maximum Gasteiger partial charge on any atom is 0.205 e. The average Bonchev–Trinajstić information content (AvgIpc) is 3.23. The molecule has 0 spiro atoms. The molecule has 4 rings (SSSR count). The van der Waals surface area contributed by atoms with Gasteiger partial charge in [0.2, 0.25) is 5.13 Å². The van der Waals surface area contributed by atoms with Gasteiger partial charge >= 0.3 is 0 Å². The number of hydrogen-bond donors (Lipinski definition) is 0. The van der Waals surface area contributed by atoms with Gasteiger partial charge < -0.3 is 9.64 Å². The lowest BCUT2D eigenvalue weighted by molar-refractivity contribution is 0.261. The Morgan fingerprint density at radius 3 is 2.57 bits per heavy atom. The number of hydrogen-bond acceptors (Lipinski definition) is 6. The van der Waals surface area contributed by atoms with Crippen LogP contribution in [-0.2, 0) is 6.42 Å². The predicted octanol–water partition coefficient (Wildman–Crippen LogP) is 3.89. The third-order valence-corrected chi connectivity index (χ3v) is 6.00. The second kappa shape index (κ2) is 8.71. The fraction of sp³-hybridized carbons (Fsp3) is 0.364. The molecule has 6 heteroatoms. The second-order valence-electron chi connectivity index (χ2n) is 7.20. The Hall–Kier alpha value is -2.44. The molecule has 0 unspecified atom stereocenters. The second-order valence-corrected chi connectivity index (χ2v) is 7.93. The summed E-state index contributed by atoms with van der Waals surface area (Å²) in [4.78, 5) is 9.66. The van der Waals surface area contributed by atoms with Gasteiger partial charge in [0.15, 0.2) is 5.82 Å². The normalized spacial score (nSPS) is 15.0. The Morgan fingerprint density at radius 1 is 1.04 bits per heavy atom. The average molecular weight is 395 g/mol. The maximum atomic E-state index is 5.32. The summed E-state index contributed by atoms with van der Waals surface area (Å²) in [6.45, 7) is 7.29. The molecule has 1 aromatic heterocycles. The van der Waals surface area contributed by atoms with E-state index in [0.29, 0.717) is 0 Å². The smallest absolute Gasteiger partial charge is 0.205 e. The van der Waals surface area contributed by atoms with E-state index in [1.807, 2.05) is 6.07 Å². The zero-order valence-electron chi connectivity index (χ0n) is 16.5. The molecule has 5 nitrogen and oxygen atoms in total. The summed E-state index contributed by atoms with van der Waals surface area (Å²) < 4.78 is 9.88. The van der Waals surface area contributed by atoms with Gasteiger partial charge in [-0.05, 0) is 31.0 Å². The summed E-state index contributed by atoms with van der Waals surface area (Å²) in [6.07, 6.45) is 1.05. The molecule has 0 saturated carbocycles. The number of methoxy groups -OCH3 is 1. The zero-order chi connectivity index (χ0) is 19.3. The van der Waals surface area contributed by atoms with Crippen LogP contribution < -0.4 is 9.64 Å². The van der Waals surface area contributed by atoms with Crippen molar-refractivity contribution < 1.29 is 4.74 Å². The third-order valence-electron chi connectivity index (χ3n) is 5.22. The Morgan fingerprint density at radius 2 is 1.82 bits per heavy atom. The third kappa shape index (κ3) is 4.51. The van der Waals surface area contributed by atoms with Crippen LogP contribution in [0.2, 0.25) is 0 Å². The van der Waals surface area contributed by atoms with E-state index < -0.39 is 0 Å². The van der Waals surface area contributed by atoms with Crippen LogP contribution in [0.15, 0.2) is 48.5 Å². The minimum Gasteiger partial charge on any atom is -0.497 e. The molecular weight excluding hydrogens is 368 g/mol. The van der Waals surface area contributed by atoms with Crippen LogP contribution in [0.5, 0.6) is 5.75 Å². The highest BCUT2D eigenvalue weighted by Gasteiger charge is 2.20. The first-order valence-electron chi connectivity index (χ1n) is 9.72. The van der Waals surface area contributed by atoms with Crippen LogP contribution in [0.25, 0.3) is 11.4 Å². The molecule has 3 aromatic rings. The van der Waals surface area contributed by atoms with Crippen molar-refractivity contribution in [2.75, 3.05) is 44.7 Å². The van der Waals surface area contributed by atoms with Crippen molar-refractivity contribution in [2.24, 2.45) is 0 Å². The Kier molecular flexibility index (Phi) is 5.88. The lowest BCUT2D eigenvalue weighted by Gasteiger charge is -2.34. The van der Waals surface area contributed by atoms with Crippen LogP contribution in [0.3, 0.4) is 0 Å². The summed E-state index contributed by atoms with van der Waals surface area (Å²) in [5.74, 6) is 1.77. The summed E-state index contributed by atoms with van der Waals surface area (Å²) in [5, 5.41) is 1.03. The molecule has 0 atom stereocenters. The maximum absolute atomic E-state index is 5.32. The highest BCUT2D eigenvalue weighted by atomic mass is 32.1. The predicted molar refractivity (Wildman–Crippen MR) is 115 cm³/mol. The number of rotatable bonds is 6. The Balaban J connectivity index is 1.30. The molecular formula is C22H26N4OS. The van der Waals surface area contributed by atoms with Gasteiger partial charge in [-0.2, -0.15) is 9.36 Å². The molecule has 2 aromatic carbocycles. The fourth-order valence-corrected chi connectivity index (χ4v) is 4.18. The summed E-state index contributed by atoms with van der Waals surface area (Å²) in [7, 11) is 1.72. The van der Waals surface area contributed by atoms with E-state index in [9.17, 15) is 0 Å². The topological polar surface area (TPSA) is 41.5 Å². The van der Waals surface area contributed by atoms with Crippen molar-refractivity contribution in [2.45, 2.75) is 13.3 Å². The molecule has 146 valence electrons. The van der Waals surface area contributed by atoms with Gasteiger partial charge in [0.25, 0.3) is 0 Å². The Labute approximate surface area is 170 Å². The van der Waals surface area contributed by atoms with Crippen molar-refractivity contribution in [3.05, 3.63) is 59.7 Å². The highest BCUT2D eigenvalue weighted by Crippen LogP contribution is 2.25. The van der Waals surface area contributed by atoms with Gasteiger partial charge in [0.05, 0.1) is 7.11 Å². The summed E-state index contributed by atoms with van der Waals surface area (Å²) >= 11 is 1.50. The summed E-state index contributed by atoms with van der Waals surface area (Å²) in [5.41, 5.74) is 3.67. The number of piperazine rings is 1. The van der Waals surface area contributed by atoms with Gasteiger partial charge in [0.1, 0.15) is 5.75 Å². The molecule has 1 saturated heterocycles. The van der Waals surface area contributed by atoms with Crippen molar-refractivity contribution in [3.63, 3.8) is 0 Å². The van der Waals surface area contributed by atoms with Gasteiger partial charge in [0, 0.05) is 49.8 Å². The number of anilines is 1. The van der Waals surface area contributed by atoms with E-state index in [-0.39, 0.29) is 0 Å². The van der Waals surface area contributed by atoms with E-state index in [4.69, 9.17) is 9.72 Å². The van der Waals surface area contributed by atoms with Gasteiger partial charge in [-0.15, -0.1) is 0 Å². The number of aryl methyl sites for hydroxylation is 1. The zero-order valence-corrected chi connectivity index (χ0v) is 17.3. The van der Waals surface area contributed by atoms with E-state index in [0.717, 1.165) is 61.4 Å².